The molecule has 0 atom stereocenters. The van der Waals surface area contributed by atoms with Crippen molar-refractivity contribution in [3.63, 3.8) is 0 Å². The van der Waals surface area contributed by atoms with E-state index in [2.05, 4.69) is 62.5 Å². The number of nitrogens with zero attached hydrogens (tertiary/aromatic N) is 3. The SMILES string of the molecule is c1ccc(COc2cccc(Nc3nccn4c(C5CCC(CNc6ccccc6)CC5)ncc34)c2)cc1. The number of hydrogen-bond donors (Lipinski definition) is 2. The Bertz CT molecular complexity index is 1460. The molecule has 6 rings (SSSR count). The average molecular weight is 504 g/mol. The zero-order valence-electron chi connectivity index (χ0n) is 21.5. The third-order valence-corrected chi connectivity index (χ3v) is 7.41. The van der Waals surface area contributed by atoms with Crippen molar-refractivity contribution in [2.75, 3.05) is 17.2 Å². The van der Waals surface area contributed by atoms with Gasteiger partial charge in [-0.05, 0) is 61.4 Å². The van der Waals surface area contributed by atoms with Crippen LogP contribution in [0.5, 0.6) is 5.75 Å². The molecule has 0 unspecified atom stereocenters. The van der Waals surface area contributed by atoms with Gasteiger partial charge in [0.05, 0.1) is 6.20 Å². The maximum absolute atomic E-state index is 6.01. The number of nitrogens with one attached hydrogen (secondary N) is 2. The Morgan fingerprint density at radius 3 is 2.39 bits per heavy atom. The smallest absolute Gasteiger partial charge is 0.156 e. The van der Waals surface area contributed by atoms with Crippen molar-refractivity contribution in [3.8, 4) is 5.75 Å². The topological polar surface area (TPSA) is 63.5 Å². The Morgan fingerprint density at radius 2 is 1.58 bits per heavy atom. The first-order valence-corrected chi connectivity index (χ1v) is 13.5. The van der Waals surface area contributed by atoms with Gasteiger partial charge in [0.2, 0.25) is 0 Å². The van der Waals surface area contributed by atoms with Gasteiger partial charge in [-0.15, -0.1) is 0 Å². The fourth-order valence-electron chi connectivity index (χ4n) is 5.33. The van der Waals surface area contributed by atoms with Crippen LogP contribution in [-0.4, -0.2) is 20.9 Å². The van der Waals surface area contributed by atoms with Crippen LogP contribution in [0.15, 0.2) is 104 Å². The first-order valence-electron chi connectivity index (χ1n) is 13.5. The third-order valence-electron chi connectivity index (χ3n) is 7.41. The number of imidazole rings is 1. The molecule has 6 heteroatoms. The second kappa shape index (κ2) is 11.4. The van der Waals surface area contributed by atoms with E-state index in [9.17, 15) is 0 Å². The van der Waals surface area contributed by atoms with Crippen LogP contribution in [0.25, 0.3) is 5.52 Å². The summed E-state index contributed by atoms with van der Waals surface area (Å²) in [4.78, 5) is 9.49. The van der Waals surface area contributed by atoms with Crippen molar-refractivity contribution < 1.29 is 4.74 Å². The van der Waals surface area contributed by atoms with Gasteiger partial charge in [0.25, 0.3) is 0 Å². The molecule has 3 aromatic carbocycles. The number of benzene rings is 3. The van der Waals surface area contributed by atoms with Crippen LogP contribution in [0.4, 0.5) is 17.2 Å². The molecule has 192 valence electrons. The standard InChI is InChI=1S/C32H33N5O/c1-3-8-25(9-4-1)23-38-29-13-7-12-28(20-29)36-31-30-22-35-32(37(30)19-18-33-31)26-16-14-24(15-17-26)21-34-27-10-5-2-6-11-27/h1-13,18-20,22,24,26,34H,14-17,21,23H2,(H,33,36). The Labute approximate surface area is 223 Å². The van der Waals surface area contributed by atoms with Crippen LogP contribution in [0.1, 0.15) is 43.0 Å². The minimum atomic E-state index is 0.468. The van der Waals surface area contributed by atoms with Gasteiger partial charge >= 0.3 is 0 Å². The van der Waals surface area contributed by atoms with E-state index in [0.29, 0.717) is 18.4 Å². The molecule has 38 heavy (non-hydrogen) atoms. The lowest BCUT2D eigenvalue weighted by Gasteiger charge is -2.28. The van der Waals surface area contributed by atoms with Gasteiger partial charge in [-0.3, -0.25) is 4.40 Å². The summed E-state index contributed by atoms with van der Waals surface area (Å²) in [6.07, 6.45) is 10.6. The third kappa shape index (κ3) is 5.65. The number of ether oxygens (including phenoxy) is 1. The van der Waals surface area contributed by atoms with Crippen LogP contribution in [0.2, 0.25) is 0 Å². The number of hydrogen-bond acceptors (Lipinski definition) is 5. The van der Waals surface area contributed by atoms with E-state index in [1.165, 1.54) is 18.5 Å². The molecule has 1 saturated carbocycles. The average Bonchev–Trinajstić information content (AvgIpc) is 3.42. The molecule has 0 spiro atoms. The van der Waals surface area contributed by atoms with Crippen LogP contribution in [0, 0.1) is 5.92 Å². The highest BCUT2D eigenvalue weighted by Gasteiger charge is 2.25. The number of rotatable bonds is 9. The highest BCUT2D eigenvalue weighted by Crippen LogP contribution is 2.36. The highest BCUT2D eigenvalue weighted by atomic mass is 16.5. The van der Waals surface area contributed by atoms with E-state index in [0.717, 1.165) is 53.5 Å². The lowest BCUT2D eigenvalue weighted by atomic mass is 9.81. The highest BCUT2D eigenvalue weighted by molar-refractivity contribution is 5.73. The van der Waals surface area contributed by atoms with E-state index in [4.69, 9.17) is 9.72 Å². The summed E-state index contributed by atoms with van der Waals surface area (Å²) < 4.78 is 8.22. The minimum absolute atomic E-state index is 0.468. The van der Waals surface area contributed by atoms with Gasteiger partial charge in [0.1, 0.15) is 23.7 Å². The van der Waals surface area contributed by atoms with Crippen LogP contribution in [-0.2, 0) is 6.61 Å². The molecule has 1 aliphatic rings. The van der Waals surface area contributed by atoms with E-state index >= 15 is 0 Å². The molecular weight excluding hydrogens is 470 g/mol. The van der Waals surface area contributed by atoms with Crippen molar-refractivity contribution in [3.05, 3.63) is 115 Å². The molecule has 0 saturated heterocycles. The molecule has 0 radical (unpaired) electrons. The summed E-state index contributed by atoms with van der Waals surface area (Å²) in [5.74, 6) is 3.92. The lowest BCUT2D eigenvalue weighted by molar-refractivity contribution is 0.306. The minimum Gasteiger partial charge on any atom is -0.489 e. The van der Waals surface area contributed by atoms with Gasteiger partial charge < -0.3 is 15.4 Å². The molecule has 1 fully saturated rings. The van der Waals surface area contributed by atoms with Gasteiger partial charge in [-0.1, -0.05) is 54.6 Å². The van der Waals surface area contributed by atoms with Crippen LogP contribution < -0.4 is 15.4 Å². The molecule has 0 bridgehead atoms. The van der Waals surface area contributed by atoms with Crippen molar-refractivity contribution in [2.45, 2.75) is 38.2 Å². The van der Waals surface area contributed by atoms with E-state index in [1.54, 1.807) is 0 Å². The summed E-state index contributed by atoms with van der Waals surface area (Å²) in [6, 6.07) is 28.7. The molecule has 2 N–H and O–H groups in total. The van der Waals surface area contributed by atoms with E-state index < -0.39 is 0 Å². The maximum atomic E-state index is 6.01. The molecule has 0 aliphatic heterocycles. The second-order valence-corrected chi connectivity index (χ2v) is 10.0. The number of fused-ring (bicyclic) bond motifs is 1. The van der Waals surface area contributed by atoms with Gasteiger partial charge in [0, 0.05) is 42.3 Å². The van der Waals surface area contributed by atoms with Crippen LogP contribution in [0.3, 0.4) is 0 Å². The zero-order chi connectivity index (χ0) is 25.6. The zero-order valence-corrected chi connectivity index (χ0v) is 21.5. The summed E-state index contributed by atoms with van der Waals surface area (Å²) in [7, 11) is 0. The molecule has 2 heterocycles. The van der Waals surface area contributed by atoms with Crippen molar-refractivity contribution >= 4 is 22.7 Å². The molecule has 5 aromatic rings. The Balaban J connectivity index is 1.10. The lowest BCUT2D eigenvalue weighted by Crippen LogP contribution is -2.21. The van der Waals surface area contributed by atoms with Crippen molar-refractivity contribution in [2.24, 2.45) is 5.92 Å². The van der Waals surface area contributed by atoms with Crippen molar-refractivity contribution in [1.29, 1.82) is 0 Å². The second-order valence-electron chi connectivity index (χ2n) is 10.0. The summed E-state index contributed by atoms with van der Waals surface area (Å²) in [5, 5.41) is 7.08. The van der Waals surface area contributed by atoms with Crippen LogP contribution >= 0.6 is 0 Å². The number of para-hydroxylation sites is 1. The number of anilines is 3. The quantitative estimate of drug-likeness (QED) is 0.219. The molecule has 6 nitrogen and oxygen atoms in total. The summed E-state index contributed by atoms with van der Waals surface area (Å²) in [5.41, 5.74) is 4.27. The Kier molecular flexibility index (Phi) is 7.20. The predicted molar refractivity (Wildman–Crippen MR) is 153 cm³/mol. The van der Waals surface area contributed by atoms with Gasteiger partial charge in [0.15, 0.2) is 5.82 Å². The summed E-state index contributed by atoms with van der Waals surface area (Å²) >= 11 is 0. The first-order chi connectivity index (χ1) is 18.8. The fraction of sp³-hybridized carbons (Fsp3) is 0.250. The fourth-order valence-corrected chi connectivity index (χ4v) is 5.33. The Morgan fingerprint density at radius 1 is 0.816 bits per heavy atom. The number of aromatic nitrogens is 3. The first kappa shape index (κ1) is 24.0. The predicted octanol–water partition coefficient (Wildman–Crippen LogP) is 7.44. The van der Waals surface area contributed by atoms with E-state index in [-0.39, 0.29) is 0 Å². The molecular formula is C32H33N5O. The van der Waals surface area contributed by atoms with Gasteiger partial charge in [-0.2, -0.15) is 0 Å². The van der Waals surface area contributed by atoms with Crippen molar-refractivity contribution in [1.82, 2.24) is 14.4 Å². The van der Waals surface area contributed by atoms with E-state index in [1.807, 2.05) is 61.1 Å². The summed E-state index contributed by atoms with van der Waals surface area (Å²) in [6.45, 7) is 1.57. The van der Waals surface area contributed by atoms with Gasteiger partial charge in [-0.25, -0.2) is 9.97 Å². The molecule has 0 amide bonds. The Hall–Kier alpha value is -4.32. The maximum Gasteiger partial charge on any atom is 0.156 e. The largest absolute Gasteiger partial charge is 0.489 e. The molecule has 2 aromatic heterocycles. The normalized spacial score (nSPS) is 17.3. The molecule has 1 aliphatic carbocycles. The monoisotopic (exact) mass is 503 g/mol.